The van der Waals surface area contributed by atoms with Gasteiger partial charge in [-0.2, -0.15) is 0 Å². The van der Waals surface area contributed by atoms with Crippen LogP contribution in [-0.4, -0.2) is 16.2 Å². The molecule has 100 valence electrons. The van der Waals surface area contributed by atoms with Gasteiger partial charge in [0.15, 0.2) is 0 Å². The molecule has 1 heterocycles. The molecule has 0 saturated carbocycles. The zero-order valence-electron chi connectivity index (χ0n) is 11.4. The van der Waals surface area contributed by atoms with Crippen LogP contribution >= 0.6 is 0 Å². The van der Waals surface area contributed by atoms with Crippen molar-refractivity contribution in [3.63, 3.8) is 0 Å². The molecule has 1 aliphatic rings. The molecule has 0 bridgehead atoms. The summed E-state index contributed by atoms with van der Waals surface area (Å²) in [4.78, 5) is 0. The first-order valence-electron chi connectivity index (χ1n) is 6.55. The van der Waals surface area contributed by atoms with E-state index in [9.17, 15) is 0 Å². The molecule has 18 heavy (non-hydrogen) atoms. The van der Waals surface area contributed by atoms with Gasteiger partial charge in [0, 0.05) is 6.04 Å². The second-order valence-corrected chi connectivity index (χ2v) is 5.52. The highest BCUT2D eigenvalue weighted by atomic mass is 16.4. The highest BCUT2D eigenvalue weighted by Gasteiger charge is 2.22. The van der Waals surface area contributed by atoms with Crippen molar-refractivity contribution in [2.75, 3.05) is 5.32 Å². The minimum absolute atomic E-state index is 0.236. The van der Waals surface area contributed by atoms with Crippen LogP contribution in [0.15, 0.2) is 16.1 Å². The van der Waals surface area contributed by atoms with Crippen molar-refractivity contribution in [1.29, 1.82) is 0 Å². The Bertz CT molecular complexity index is 430. The van der Waals surface area contributed by atoms with E-state index in [2.05, 4.69) is 28.5 Å². The van der Waals surface area contributed by atoms with E-state index in [0.29, 0.717) is 11.9 Å². The third-order valence-electron chi connectivity index (χ3n) is 3.20. The largest absolute Gasteiger partial charge is 0.406 e. The highest BCUT2D eigenvalue weighted by Crippen LogP contribution is 2.23. The van der Waals surface area contributed by atoms with Crippen LogP contribution in [0.25, 0.3) is 0 Å². The van der Waals surface area contributed by atoms with Crippen LogP contribution in [0.3, 0.4) is 0 Å². The van der Waals surface area contributed by atoms with Gasteiger partial charge in [0.1, 0.15) is 0 Å². The lowest BCUT2D eigenvalue weighted by Crippen LogP contribution is -2.29. The summed E-state index contributed by atoms with van der Waals surface area (Å²) < 4.78 is 5.52. The number of nitrogens with one attached hydrogen (secondary N) is 1. The number of allylic oxidation sites excluding steroid dienone is 1. The molecule has 1 atom stereocenters. The van der Waals surface area contributed by atoms with Gasteiger partial charge in [-0.15, -0.1) is 5.10 Å². The van der Waals surface area contributed by atoms with Crippen molar-refractivity contribution in [3.8, 4) is 0 Å². The molecule has 1 unspecified atom stereocenters. The number of anilines is 1. The zero-order chi connectivity index (χ0) is 13.2. The predicted molar refractivity (Wildman–Crippen MR) is 71.1 cm³/mol. The predicted octanol–water partition coefficient (Wildman–Crippen LogP) is 2.56. The van der Waals surface area contributed by atoms with Gasteiger partial charge in [0.05, 0.1) is 5.54 Å². The van der Waals surface area contributed by atoms with E-state index in [4.69, 9.17) is 10.2 Å². The molecular formula is C13H22N4O. The van der Waals surface area contributed by atoms with Crippen molar-refractivity contribution in [2.24, 2.45) is 5.73 Å². The number of aromatic nitrogens is 2. The summed E-state index contributed by atoms with van der Waals surface area (Å²) in [6, 6.07) is 0.682. The SMILES string of the molecule is CC(Nc1nnc(C(C)(C)N)o1)C1=CCCCC1. The molecule has 5 nitrogen and oxygen atoms in total. The Morgan fingerprint density at radius 2 is 2.17 bits per heavy atom. The first-order chi connectivity index (χ1) is 8.47. The Morgan fingerprint density at radius 3 is 2.72 bits per heavy atom. The fourth-order valence-corrected chi connectivity index (χ4v) is 2.08. The number of hydrogen-bond donors (Lipinski definition) is 2. The van der Waals surface area contributed by atoms with E-state index >= 15 is 0 Å². The van der Waals surface area contributed by atoms with Crippen LogP contribution < -0.4 is 11.1 Å². The minimum Gasteiger partial charge on any atom is -0.406 e. The Hall–Kier alpha value is -1.36. The lowest BCUT2D eigenvalue weighted by atomic mass is 9.95. The van der Waals surface area contributed by atoms with Gasteiger partial charge >= 0.3 is 6.01 Å². The lowest BCUT2D eigenvalue weighted by molar-refractivity contribution is 0.383. The average Bonchev–Trinajstić information content (AvgIpc) is 2.78. The van der Waals surface area contributed by atoms with Gasteiger partial charge in [-0.1, -0.05) is 16.7 Å². The Labute approximate surface area is 108 Å². The highest BCUT2D eigenvalue weighted by molar-refractivity contribution is 5.28. The van der Waals surface area contributed by atoms with Crippen molar-refractivity contribution < 1.29 is 4.42 Å². The summed E-state index contributed by atoms with van der Waals surface area (Å²) in [7, 11) is 0. The van der Waals surface area contributed by atoms with Crippen LogP contribution in [0, 0.1) is 0 Å². The molecule has 0 spiro atoms. The maximum absolute atomic E-state index is 5.91. The minimum atomic E-state index is -0.597. The smallest absolute Gasteiger partial charge is 0.315 e. The number of nitrogens with zero attached hydrogens (tertiary/aromatic N) is 2. The van der Waals surface area contributed by atoms with Crippen LogP contribution in [0.1, 0.15) is 52.3 Å². The van der Waals surface area contributed by atoms with Gasteiger partial charge in [-0.25, -0.2) is 0 Å². The standard InChI is InChI=1S/C13H22N4O/c1-9(10-7-5-4-6-8-10)15-12-17-16-11(18-12)13(2,3)14/h7,9H,4-6,8,14H2,1-3H3,(H,15,17). The van der Waals surface area contributed by atoms with Crippen LogP contribution in [0.4, 0.5) is 6.01 Å². The number of nitrogens with two attached hydrogens (primary N) is 1. The summed E-state index contributed by atoms with van der Waals surface area (Å²) in [5.41, 5.74) is 6.74. The average molecular weight is 250 g/mol. The molecule has 3 N–H and O–H groups in total. The maximum atomic E-state index is 5.91. The first kappa shape index (κ1) is 13.1. The van der Waals surface area contributed by atoms with E-state index in [0.717, 1.165) is 6.42 Å². The van der Waals surface area contributed by atoms with Gasteiger partial charge in [0.25, 0.3) is 0 Å². The first-order valence-corrected chi connectivity index (χ1v) is 6.55. The van der Waals surface area contributed by atoms with Crippen molar-refractivity contribution in [3.05, 3.63) is 17.5 Å². The second-order valence-electron chi connectivity index (χ2n) is 5.52. The third kappa shape index (κ3) is 3.10. The Kier molecular flexibility index (Phi) is 3.71. The molecule has 0 aliphatic heterocycles. The van der Waals surface area contributed by atoms with Crippen LogP contribution in [0.2, 0.25) is 0 Å². The molecule has 0 saturated heterocycles. The van der Waals surface area contributed by atoms with Gasteiger partial charge in [-0.3, -0.25) is 0 Å². The van der Waals surface area contributed by atoms with E-state index in [1.165, 1.54) is 24.8 Å². The molecule has 5 heteroatoms. The molecule has 2 rings (SSSR count). The third-order valence-corrected chi connectivity index (χ3v) is 3.20. The zero-order valence-corrected chi connectivity index (χ0v) is 11.4. The Morgan fingerprint density at radius 1 is 1.39 bits per heavy atom. The van der Waals surface area contributed by atoms with Crippen molar-refractivity contribution >= 4 is 6.01 Å². The summed E-state index contributed by atoms with van der Waals surface area (Å²) in [5.74, 6) is 0.454. The summed E-state index contributed by atoms with van der Waals surface area (Å²) >= 11 is 0. The van der Waals surface area contributed by atoms with Crippen molar-refractivity contribution in [1.82, 2.24) is 10.2 Å². The summed E-state index contributed by atoms with van der Waals surface area (Å²) in [6.45, 7) is 5.81. The molecular weight excluding hydrogens is 228 g/mol. The maximum Gasteiger partial charge on any atom is 0.315 e. The van der Waals surface area contributed by atoms with Gasteiger partial charge in [-0.05, 0) is 46.5 Å². The lowest BCUT2D eigenvalue weighted by Gasteiger charge is -2.19. The number of hydrogen-bond acceptors (Lipinski definition) is 5. The topological polar surface area (TPSA) is 77.0 Å². The fourth-order valence-electron chi connectivity index (χ4n) is 2.08. The van der Waals surface area contributed by atoms with E-state index < -0.39 is 5.54 Å². The van der Waals surface area contributed by atoms with Gasteiger partial charge < -0.3 is 15.5 Å². The van der Waals surface area contributed by atoms with Crippen LogP contribution in [0.5, 0.6) is 0 Å². The van der Waals surface area contributed by atoms with E-state index in [1.54, 1.807) is 0 Å². The Balaban J connectivity index is 2.01. The van der Waals surface area contributed by atoms with E-state index in [1.807, 2.05) is 13.8 Å². The van der Waals surface area contributed by atoms with Gasteiger partial charge in [0.2, 0.25) is 5.89 Å². The number of rotatable bonds is 4. The molecule has 0 radical (unpaired) electrons. The monoisotopic (exact) mass is 250 g/mol. The summed E-state index contributed by atoms with van der Waals surface area (Å²) in [5, 5.41) is 11.2. The normalized spacial score (nSPS) is 18.3. The van der Waals surface area contributed by atoms with Crippen LogP contribution in [-0.2, 0) is 5.54 Å². The molecule has 0 fully saturated rings. The van der Waals surface area contributed by atoms with Crippen molar-refractivity contribution in [2.45, 2.75) is 58.0 Å². The molecule has 1 aromatic heterocycles. The molecule has 1 aliphatic carbocycles. The molecule has 0 aromatic carbocycles. The fraction of sp³-hybridized carbons (Fsp3) is 0.692. The second kappa shape index (κ2) is 5.10. The molecule has 0 amide bonds. The summed E-state index contributed by atoms with van der Waals surface area (Å²) in [6.07, 6.45) is 7.19. The quantitative estimate of drug-likeness (QED) is 0.803. The molecule has 1 aromatic rings. The van der Waals surface area contributed by atoms with E-state index in [-0.39, 0.29) is 6.04 Å².